The molecule has 206 valence electrons. The van der Waals surface area contributed by atoms with Crippen LogP contribution in [0.1, 0.15) is 51.6 Å². The number of hydrogen-bond donors (Lipinski definition) is 8. The maximum Gasteiger partial charge on any atom is 0.326 e. The number of nitrogens with one attached hydrogen (secondary N) is 4. The molecule has 0 bridgehead atoms. The quantitative estimate of drug-likeness (QED) is 0.111. The van der Waals surface area contributed by atoms with Gasteiger partial charge in [0.05, 0.1) is 12.4 Å². The fraction of sp³-hybridized carbons (Fsp3) is 0.591. The molecule has 1 rings (SSSR count). The summed E-state index contributed by atoms with van der Waals surface area (Å²) >= 11 is 0. The summed E-state index contributed by atoms with van der Waals surface area (Å²) in [6.45, 7) is 3.60. The van der Waals surface area contributed by atoms with Crippen LogP contribution < -0.4 is 27.4 Å². The fourth-order valence-corrected chi connectivity index (χ4v) is 3.23. The number of amides is 4. The average molecular weight is 526 g/mol. The molecule has 0 fully saturated rings. The first kappa shape index (κ1) is 31.0. The number of aromatic nitrogens is 2. The molecule has 1 aromatic heterocycles. The van der Waals surface area contributed by atoms with Gasteiger partial charge in [0.15, 0.2) is 0 Å². The highest BCUT2D eigenvalue weighted by atomic mass is 16.4. The summed E-state index contributed by atoms with van der Waals surface area (Å²) < 4.78 is 0. The van der Waals surface area contributed by atoms with Gasteiger partial charge in [0, 0.05) is 31.2 Å². The molecule has 10 N–H and O–H groups in total. The molecule has 0 saturated carbocycles. The predicted molar refractivity (Wildman–Crippen MR) is 128 cm³/mol. The SMILES string of the molecule is CCC(C)C(N)C(=O)NC(CCC(N)=O)C(=O)NC(Cc1cnc[nH]1)C(=O)NC(CCC(=O)O)C(=O)O. The van der Waals surface area contributed by atoms with Crippen molar-refractivity contribution in [2.45, 2.75) is 76.5 Å². The number of aliphatic carboxylic acids is 2. The van der Waals surface area contributed by atoms with Crippen molar-refractivity contribution in [2.24, 2.45) is 17.4 Å². The number of carboxylic acid groups (broad SMARTS) is 2. The van der Waals surface area contributed by atoms with Gasteiger partial charge >= 0.3 is 11.9 Å². The molecule has 0 aliphatic carbocycles. The van der Waals surface area contributed by atoms with Crippen molar-refractivity contribution >= 4 is 35.6 Å². The summed E-state index contributed by atoms with van der Waals surface area (Å²) in [5.41, 5.74) is 11.6. The number of carbonyl (C=O) groups is 6. The maximum atomic E-state index is 13.1. The summed E-state index contributed by atoms with van der Waals surface area (Å²) in [6.07, 6.45) is 1.89. The number of carboxylic acids is 2. The molecule has 4 amide bonds. The number of nitrogens with two attached hydrogens (primary N) is 2. The van der Waals surface area contributed by atoms with Crippen LogP contribution in [0, 0.1) is 5.92 Å². The minimum atomic E-state index is -1.52. The van der Waals surface area contributed by atoms with E-state index >= 15 is 0 Å². The second-order valence-electron chi connectivity index (χ2n) is 8.65. The normalized spacial score (nSPS) is 14.9. The zero-order chi connectivity index (χ0) is 28.1. The third kappa shape index (κ3) is 11.1. The Morgan fingerprint density at radius 2 is 1.51 bits per heavy atom. The van der Waals surface area contributed by atoms with Crippen LogP contribution >= 0.6 is 0 Å². The molecule has 1 heterocycles. The zero-order valence-electron chi connectivity index (χ0n) is 20.7. The van der Waals surface area contributed by atoms with Crippen molar-refractivity contribution < 1.29 is 39.0 Å². The van der Waals surface area contributed by atoms with Gasteiger partial charge in [-0.3, -0.25) is 24.0 Å². The summed E-state index contributed by atoms with van der Waals surface area (Å²) in [4.78, 5) is 78.9. The first-order valence-electron chi connectivity index (χ1n) is 11.7. The van der Waals surface area contributed by atoms with E-state index in [-0.39, 0.29) is 31.6 Å². The van der Waals surface area contributed by atoms with E-state index in [0.29, 0.717) is 12.1 Å². The number of hydrogen-bond acceptors (Lipinski definition) is 8. The summed E-state index contributed by atoms with van der Waals surface area (Å²) in [5.74, 6) is -5.98. The summed E-state index contributed by atoms with van der Waals surface area (Å²) in [6, 6.07) is -5.06. The molecule has 0 saturated heterocycles. The number of aromatic amines is 1. The molecular weight excluding hydrogens is 490 g/mol. The molecule has 0 spiro atoms. The van der Waals surface area contributed by atoms with Gasteiger partial charge in [0.1, 0.15) is 18.1 Å². The molecule has 0 radical (unpaired) electrons. The van der Waals surface area contributed by atoms with Gasteiger partial charge in [0.25, 0.3) is 0 Å². The number of rotatable bonds is 17. The Hall–Kier alpha value is -4.01. The largest absolute Gasteiger partial charge is 0.481 e. The number of primary amides is 1. The van der Waals surface area contributed by atoms with Crippen molar-refractivity contribution in [2.75, 3.05) is 0 Å². The molecule has 37 heavy (non-hydrogen) atoms. The zero-order valence-corrected chi connectivity index (χ0v) is 20.7. The van der Waals surface area contributed by atoms with Crippen LogP contribution in [0.2, 0.25) is 0 Å². The number of imidazole rings is 1. The van der Waals surface area contributed by atoms with Crippen LogP contribution in [0.25, 0.3) is 0 Å². The molecule has 1 aromatic rings. The van der Waals surface area contributed by atoms with Crippen LogP contribution in [0.15, 0.2) is 12.5 Å². The smallest absolute Gasteiger partial charge is 0.326 e. The molecule has 0 aliphatic heterocycles. The van der Waals surface area contributed by atoms with Gasteiger partial charge in [-0.15, -0.1) is 0 Å². The molecule has 5 atom stereocenters. The van der Waals surface area contributed by atoms with E-state index in [1.54, 1.807) is 6.92 Å². The Labute approximate surface area is 213 Å². The molecule has 5 unspecified atom stereocenters. The Bertz CT molecular complexity index is 953. The Morgan fingerprint density at radius 1 is 0.946 bits per heavy atom. The summed E-state index contributed by atoms with van der Waals surface area (Å²) in [7, 11) is 0. The van der Waals surface area contributed by atoms with Crippen molar-refractivity contribution in [1.29, 1.82) is 0 Å². The van der Waals surface area contributed by atoms with Gasteiger partial charge < -0.3 is 42.6 Å². The third-order valence-electron chi connectivity index (χ3n) is 5.75. The molecule has 0 aliphatic rings. The Kier molecular flexibility index (Phi) is 12.7. The second-order valence-corrected chi connectivity index (χ2v) is 8.65. The van der Waals surface area contributed by atoms with Crippen LogP contribution in [0.5, 0.6) is 0 Å². The van der Waals surface area contributed by atoms with Gasteiger partial charge in [0.2, 0.25) is 23.6 Å². The van der Waals surface area contributed by atoms with E-state index in [1.165, 1.54) is 12.5 Å². The van der Waals surface area contributed by atoms with E-state index < -0.39 is 66.2 Å². The van der Waals surface area contributed by atoms with Crippen LogP contribution in [0.3, 0.4) is 0 Å². The van der Waals surface area contributed by atoms with Crippen LogP contribution in [-0.4, -0.2) is 79.9 Å². The molecule has 0 aromatic carbocycles. The lowest BCUT2D eigenvalue weighted by atomic mass is 9.98. The highest BCUT2D eigenvalue weighted by Gasteiger charge is 2.31. The van der Waals surface area contributed by atoms with Crippen molar-refractivity contribution in [3.05, 3.63) is 18.2 Å². The predicted octanol–water partition coefficient (Wildman–Crippen LogP) is -2.01. The second kappa shape index (κ2) is 15.2. The lowest BCUT2D eigenvalue weighted by Gasteiger charge is -2.26. The molecular formula is C22H35N7O8. The van der Waals surface area contributed by atoms with Gasteiger partial charge in [-0.1, -0.05) is 20.3 Å². The highest BCUT2D eigenvalue weighted by Crippen LogP contribution is 2.08. The Balaban J connectivity index is 3.10. The van der Waals surface area contributed by atoms with Gasteiger partial charge in [-0.2, -0.15) is 0 Å². The third-order valence-corrected chi connectivity index (χ3v) is 5.75. The standard InChI is InChI=1S/C22H35N7O8/c1-3-11(2)18(24)21(35)27-13(4-6-16(23)30)19(33)29-15(8-12-9-25-10-26-12)20(34)28-14(22(36)37)5-7-17(31)32/h9-11,13-15,18H,3-8,24H2,1-2H3,(H2,23,30)(H,25,26)(H,27,35)(H,28,34)(H,29,33)(H,31,32)(H,36,37). The lowest BCUT2D eigenvalue weighted by molar-refractivity contribution is -0.143. The number of H-pyrrole nitrogens is 1. The molecule has 15 heteroatoms. The Morgan fingerprint density at radius 3 is 2.03 bits per heavy atom. The summed E-state index contributed by atoms with van der Waals surface area (Å²) in [5, 5.41) is 25.4. The van der Waals surface area contributed by atoms with E-state index in [2.05, 4.69) is 25.9 Å². The number of carbonyl (C=O) groups excluding carboxylic acids is 4. The van der Waals surface area contributed by atoms with Crippen LogP contribution in [-0.2, 0) is 35.2 Å². The van der Waals surface area contributed by atoms with Crippen molar-refractivity contribution in [3.8, 4) is 0 Å². The first-order chi connectivity index (χ1) is 17.3. The first-order valence-corrected chi connectivity index (χ1v) is 11.7. The van der Waals surface area contributed by atoms with Crippen molar-refractivity contribution in [1.82, 2.24) is 25.9 Å². The average Bonchev–Trinajstić information content (AvgIpc) is 3.35. The van der Waals surface area contributed by atoms with Crippen molar-refractivity contribution in [3.63, 3.8) is 0 Å². The molecule has 15 nitrogen and oxygen atoms in total. The van der Waals surface area contributed by atoms with E-state index in [9.17, 15) is 33.9 Å². The van der Waals surface area contributed by atoms with Gasteiger partial charge in [-0.25, -0.2) is 9.78 Å². The van der Waals surface area contributed by atoms with Gasteiger partial charge in [-0.05, 0) is 18.8 Å². The van der Waals surface area contributed by atoms with E-state index in [0.717, 1.165) is 0 Å². The fourth-order valence-electron chi connectivity index (χ4n) is 3.23. The minimum Gasteiger partial charge on any atom is -0.481 e. The number of nitrogens with zero attached hydrogens (tertiary/aromatic N) is 1. The minimum absolute atomic E-state index is 0.133. The monoisotopic (exact) mass is 525 g/mol. The topological polar surface area (TPSA) is 260 Å². The lowest BCUT2D eigenvalue weighted by Crippen LogP contribution is -2.58. The maximum absolute atomic E-state index is 13.1. The van der Waals surface area contributed by atoms with Crippen LogP contribution in [0.4, 0.5) is 0 Å². The van der Waals surface area contributed by atoms with E-state index in [4.69, 9.17) is 16.6 Å². The highest BCUT2D eigenvalue weighted by molar-refractivity contribution is 5.94. The van der Waals surface area contributed by atoms with E-state index in [1.807, 2.05) is 6.92 Å².